The number of aliphatic hydroxyl groups is 3. The van der Waals surface area contributed by atoms with Crippen LogP contribution in [0.4, 0.5) is 0 Å². The van der Waals surface area contributed by atoms with Gasteiger partial charge in [-0.2, -0.15) is 0 Å². The number of nitrogens with zero attached hydrogens (tertiary/aromatic N) is 1. The lowest BCUT2D eigenvalue weighted by Crippen LogP contribution is -3.00. The molecular formula is C9H20ClNO3. The maximum absolute atomic E-state index is 8.87. The van der Waals surface area contributed by atoms with Gasteiger partial charge in [0.05, 0.1) is 26.4 Å². The Morgan fingerprint density at radius 2 is 1.29 bits per heavy atom. The first-order valence-corrected chi connectivity index (χ1v) is 4.53. The third-order valence-corrected chi connectivity index (χ3v) is 2.24. The lowest BCUT2D eigenvalue weighted by atomic mass is 10.3. The van der Waals surface area contributed by atoms with Gasteiger partial charge in [0.25, 0.3) is 0 Å². The Morgan fingerprint density at radius 3 is 1.50 bits per heavy atom. The van der Waals surface area contributed by atoms with E-state index in [1.54, 1.807) is 6.08 Å². The van der Waals surface area contributed by atoms with Crippen molar-refractivity contribution in [3.8, 4) is 0 Å². The van der Waals surface area contributed by atoms with Crippen molar-refractivity contribution in [2.24, 2.45) is 0 Å². The van der Waals surface area contributed by atoms with E-state index in [0.717, 1.165) is 0 Å². The predicted molar refractivity (Wildman–Crippen MR) is 51.2 cm³/mol. The van der Waals surface area contributed by atoms with E-state index < -0.39 is 0 Å². The summed E-state index contributed by atoms with van der Waals surface area (Å²) >= 11 is 0. The van der Waals surface area contributed by atoms with E-state index >= 15 is 0 Å². The summed E-state index contributed by atoms with van der Waals surface area (Å²) in [4.78, 5) is 0. The molecule has 3 N–H and O–H groups in total. The fraction of sp³-hybridized carbons (Fsp3) is 0.778. The monoisotopic (exact) mass is 225 g/mol. The molecule has 0 aliphatic carbocycles. The summed E-state index contributed by atoms with van der Waals surface area (Å²) in [6.45, 7) is 6.14. The molecule has 0 aliphatic rings. The molecule has 0 amide bonds. The lowest BCUT2D eigenvalue weighted by molar-refractivity contribution is -0.923. The minimum atomic E-state index is 0. The third-order valence-electron chi connectivity index (χ3n) is 2.24. The second-order valence-corrected chi connectivity index (χ2v) is 3.15. The van der Waals surface area contributed by atoms with Crippen molar-refractivity contribution in [1.29, 1.82) is 0 Å². The molecule has 86 valence electrons. The molecule has 0 radical (unpaired) electrons. The second kappa shape index (κ2) is 9.43. The summed E-state index contributed by atoms with van der Waals surface area (Å²) in [6, 6.07) is 0. The summed E-state index contributed by atoms with van der Waals surface area (Å²) in [5.74, 6) is 0. The minimum absolute atomic E-state index is 0. The van der Waals surface area contributed by atoms with Gasteiger partial charge >= 0.3 is 0 Å². The van der Waals surface area contributed by atoms with Crippen LogP contribution in [-0.2, 0) is 0 Å². The average Bonchev–Trinajstić information content (AvgIpc) is 2.06. The standard InChI is InChI=1S/C9H20NO3.ClH/c1-2-3-10(4-7-11,5-8-12)6-9-13;/h2,11-13H,1,3-9H2;1H/q+1;/p-1. The fourth-order valence-corrected chi connectivity index (χ4v) is 1.52. The molecule has 5 heteroatoms. The first-order chi connectivity index (χ1) is 6.24. The molecule has 0 saturated carbocycles. The maximum atomic E-state index is 8.87. The number of rotatable bonds is 8. The Hall–Kier alpha value is -0.130. The van der Waals surface area contributed by atoms with Crippen molar-refractivity contribution in [3.63, 3.8) is 0 Å². The van der Waals surface area contributed by atoms with Crippen LogP contribution in [0, 0.1) is 0 Å². The van der Waals surface area contributed by atoms with Gasteiger partial charge in [-0.15, -0.1) is 0 Å². The summed E-state index contributed by atoms with van der Waals surface area (Å²) < 4.78 is 0.507. The Morgan fingerprint density at radius 1 is 0.929 bits per heavy atom. The topological polar surface area (TPSA) is 60.7 Å². The Balaban J connectivity index is 0. The predicted octanol–water partition coefficient (Wildman–Crippen LogP) is -4.03. The number of halogens is 1. The van der Waals surface area contributed by atoms with E-state index in [-0.39, 0.29) is 32.2 Å². The van der Waals surface area contributed by atoms with E-state index in [4.69, 9.17) is 15.3 Å². The maximum Gasteiger partial charge on any atom is 0.102 e. The summed E-state index contributed by atoms with van der Waals surface area (Å²) in [5.41, 5.74) is 0. The molecule has 4 nitrogen and oxygen atoms in total. The van der Waals surface area contributed by atoms with Crippen molar-refractivity contribution >= 4 is 0 Å². The van der Waals surface area contributed by atoms with Crippen LogP contribution in [0.2, 0.25) is 0 Å². The van der Waals surface area contributed by atoms with Gasteiger partial charge in [-0.05, 0) is 6.08 Å². The highest BCUT2D eigenvalue weighted by molar-refractivity contribution is 4.66. The fourth-order valence-electron chi connectivity index (χ4n) is 1.52. The number of quaternary nitrogens is 1. The summed E-state index contributed by atoms with van der Waals surface area (Å²) in [6.07, 6.45) is 1.75. The zero-order chi connectivity index (χ0) is 10.2. The van der Waals surface area contributed by atoms with Crippen molar-refractivity contribution in [2.75, 3.05) is 46.0 Å². The second-order valence-electron chi connectivity index (χ2n) is 3.15. The molecule has 0 rings (SSSR count). The Bertz CT molecular complexity index is 127. The van der Waals surface area contributed by atoms with Crippen LogP contribution in [0.25, 0.3) is 0 Å². The quantitative estimate of drug-likeness (QED) is 0.291. The molecule has 0 aromatic carbocycles. The lowest BCUT2D eigenvalue weighted by Gasteiger charge is -2.36. The van der Waals surface area contributed by atoms with Crippen LogP contribution < -0.4 is 12.4 Å². The zero-order valence-corrected chi connectivity index (χ0v) is 9.16. The van der Waals surface area contributed by atoms with E-state index in [0.29, 0.717) is 30.7 Å². The number of aliphatic hydroxyl groups excluding tert-OH is 3. The van der Waals surface area contributed by atoms with Gasteiger partial charge in [-0.3, -0.25) is 0 Å². The van der Waals surface area contributed by atoms with E-state index in [1.165, 1.54) is 0 Å². The number of hydrogen-bond donors (Lipinski definition) is 3. The van der Waals surface area contributed by atoms with E-state index in [9.17, 15) is 0 Å². The number of hydrogen-bond acceptors (Lipinski definition) is 3. The van der Waals surface area contributed by atoms with Crippen molar-refractivity contribution in [1.82, 2.24) is 0 Å². The molecule has 0 fully saturated rings. The van der Waals surface area contributed by atoms with Crippen LogP contribution in [0.1, 0.15) is 0 Å². The molecule has 0 bridgehead atoms. The van der Waals surface area contributed by atoms with Gasteiger partial charge in [0.2, 0.25) is 0 Å². The Labute approximate surface area is 91.5 Å². The summed E-state index contributed by atoms with van der Waals surface area (Å²) in [7, 11) is 0. The molecule has 14 heavy (non-hydrogen) atoms. The van der Waals surface area contributed by atoms with Crippen LogP contribution >= 0.6 is 0 Å². The molecule has 0 aromatic heterocycles. The largest absolute Gasteiger partial charge is 1.00 e. The SMILES string of the molecule is C=CC[N+](CCO)(CCO)CCO.[Cl-]. The third kappa shape index (κ3) is 5.57. The van der Waals surface area contributed by atoms with Crippen LogP contribution in [0.5, 0.6) is 0 Å². The van der Waals surface area contributed by atoms with Gasteiger partial charge in [0, 0.05) is 0 Å². The Kier molecular flexibility index (Phi) is 11.0. The van der Waals surface area contributed by atoms with Gasteiger partial charge in [-0.1, -0.05) is 6.58 Å². The van der Waals surface area contributed by atoms with Crippen LogP contribution in [-0.4, -0.2) is 65.8 Å². The van der Waals surface area contributed by atoms with Crippen LogP contribution in [0.3, 0.4) is 0 Å². The highest BCUT2D eigenvalue weighted by Crippen LogP contribution is 2.05. The average molecular weight is 226 g/mol. The summed E-state index contributed by atoms with van der Waals surface area (Å²) in [5, 5.41) is 26.6. The smallest absolute Gasteiger partial charge is 0.102 e. The van der Waals surface area contributed by atoms with E-state index in [2.05, 4.69) is 6.58 Å². The normalized spacial score (nSPS) is 10.8. The van der Waals surface area contributed by atoms with Gasteiger partial charge in [-0.25, -0.2) is 0 Å². The first-order valence-electron chi connectivity index (χ1n) is 4.53. The van der Waals surface area contributed by atoms with Crippen molar-refractivity contribution in [2.45, 2.75) is 0 Å². The molecular weight excluding hydrogens is 206 g/mol. The van der Waals surface area contributed by atoms with Gasteiger partial charge in [0.1, 0.15) is 19.6 Å². The minimum Gasteiger partial charge on any atom is -1.00 e. The molecule has 0 aromatic rings. The molecule has 0 atom stereocenters. The van der Waals surface area contributed by atoms with Crippen molar-refractivity contribution in [3.05, 3.63) is 12.7 Å². The molecule has 0 saturated heterocycles. The van der Waals surface area contributed by atoms with Crippen LogP contribution in [0.15, 0.2) is 12.7 Å². The molecule has 0 spiro atoms. The van der Waals surface area contributed by atoms with E-state index in [1.807, 2.05) is 0 Å². The van der Waals surface area contributed by atoms with Gasteiger partial charge < -0.3 is 32.2 Å². The van der Waals surface area contributed by atoms with Gasteiger partial charge in [0.15, 0.2) is 0 Å². The van der Waals surface area contributed by atoms with Crippen molar-refractivity contribution < 1.29 is 32.2 Å². The first kappa shape index (κ1) is 16.3. The highest BCUT2D eigenvalue weighted by atomic mass is 35.5. The zero-order valence-electron chi connectivity index (χ0n) is 8.40. The molecule has 0 unspecified atom stereocenters. The highest BCUT2D eigenvalue weighted by Gasteiger charge is 2.23. The molecule has 0 heterocycles. The molecule has 0 aliphatic heterocycles.